The third-order valence-corrected chi connectivity index (χ3v) is 6.75. The van der Waals surface area contributed by atoms with Gasteiger partial charge in [-0.2, -0.15) is 10.5 Å². The largest absolute Gasteiger partial charge is 0.308 e. The summed E-state index contributed by atoms with van der Waals surface area (Å²) in [5.74, 6) is 0. The van der Waals surface area contributed by atoms with Gasteiger partial charge in [-0.1, -0.05) is 72.8 Å². The van der Waals surface area contributed by atoms with E-state index in [-0.39, 0.29) is 0 Å². The van der Waals surface area contributed by atoms with Gasteiger partial charge in [0.1, 0.15) is 6.07 Å². The van der Waals surface area contributed by atoms with Crippen molar-refractivity contribution in [1.29, 1.82) is 10.5 Å². The third-order valence-electron chi connectivity index (χ3n) is 6.75. The summed E-state index contributed by atoms with van der Waals surface area (Å²) in [6, 6.07) is 41.8. The second-order valence-electron chi connectivity index (χ2n) is 8.94. The lowest BCUT2D eigenvalue weighted by molar-refractivity contribution is 1.13. The van der Waals surface area contributed by atoms with Crippen molar-refractivity contribution < 1.29 is 0 Å². The zero-order chi connectivity index (χ0) is 24.6. The van der Waals surface area contributed by atoms with Crippen LogP contribution in [-0.4, -0.2) is 4.57 Å². The van der Waals surface area contributed by atoms with Crippen molar-refractivity contribution in [3.63, 3.8) is 0 Å². The van der Waals surface area contributed by atoms with Gasteiger partial charge in [0.05, 0.1) is 33.9 Å². The van der Waals surface area contributed by atoms with Crippen molar-refractivity contribution in [1.82, 2.24) is 4.57 Å². The highest BCUT2D eigenvalue weighted by Crippen LogP contribution is 2.38. The van der Waals surface area contributed by atoms with Crippen molar-refractivity contribution in [3.05, 3.63) is 126 Å². The van der Waals surface area contributed by atoms with Crippen LogP contribution in [0.1, 0.15) is 16.7 Å². The maximum Gasteiger partial charge on any atom is 0.101 e. The van der Waals surface area contributed by atoms with E-state index < -0.39 is 0 Å². The van der Waals surface area contributed by atoms with Crippen LogP contribution in [0.25, 0.3) is 49.7 Å². The fourth-order valence-corrected chi connectivity index (χ4v) is 5.11. The number of nitrogens with zero attached hydrogens (tertiary/aromatic N) is 3. The van der Waals surface area contributed by atoms with Crippen LogP contribution in [0, 0.1) is 29.6 Å². The van der Waals surface area contributed by atoms with Gasteiger partial charge in [0, 0.05) is 10.8 Å². The minimum Gasteiger partial charge on any atom is -0.308 e. The van der Waals surface area contributed by atoms with Gasteiger partial charge in [0.25, 0.3) is 0 Å². The summed E-state index contributed by atoms with van der Waals surface area (Å²) in [7, 11) is 0. The lowest BCUT2D eigenvalue weighted by Gasteiger charge is -2.14. The molecule has 0 saturated heterocycles. The molecule has 168 valence electrons. The number of fused-ring (bicyclic) bond motifs is 3. The quantitative estimate of drug-likeness (QED) is 0.268. The van der Waals surface area contributed by atoms with Crippen LogP contribution >= 0.6 is 0 Å². The van der Waals surface area contributed by atoms with Crippen molar-refractivity contribution in [3.8, 4) is 40.1 Å². The first kappa shape index (κ1) is 21.4. The first-order valence-electron chi connectivity index (χ1n) is 11.8. The molecule has 6 rings (SSSR count). The number of nitriles is 2. The Hall–Kier alpha value is -5.12. The molecule has 3 nitrogen and oxygen atoms in total. The molecule has 0 amide bonds. The predicted molar refractivity (Wildman–Crippen MR) is 146 cm³/mol. The molecule has 1 aromatic heterocycles. The highest BCUT2D eigenvalue weighted by molar-refractivity contribution is 6.12. The van der Waals surface area contributed by atoms with E-state index in [1.54, 1.807) is 6.07 Å². The zero-order valence-corrected chi connectivity index (χ0v) is 19.7. The van der Waals surface area contributed by atoms with Crippen molar-refractivity contribution in [2.45, 2.75) is 6.92 Å². The number of aromatic nitrogens is 1. The minimum atomic E-state index is 0.490. The molecule has 0 unspecified atom stereocenters. The molecular weight excluding hydrogens is 438 g/mol. The van der Waals surface area contributed by atoms with Gasteiger partial charge in [-0.25, -0.2) is 0 Å². The van der Waals surface area contributed by atoms with E-state index >= 15 is 0 Å². The topological polar surface area (TPSA) is 52.5 Å². The van der Waals surface area contributed by atoms with E-state index in [4.69, 9.17) is 0 Å². The molecule has 0 atom stereocenters. The van der Waals surface area contributed by atoms with Crippen LogP contribution < -0.4 is 0 Å². The normalized spacial score (nSPS) is 10.9. The number of benzene rings is 5. The lowest BCUT2D eigenvalue weighted by atomic mass is 10.0. The van der Waals surface area contributed by atoms with E-state index in [2.05, 4.69) is 102 Å². The van der Waals surface area contributed by atoms with Crippen LogP contribution in [0.5, 0.6) is 0 Å². The molecule has 0 aliphatic heterocycles. The molecule has 6 aromatic rings. The Morgan fingerprint density at radius 1 is 0.556 bits per heavy atom. The summed E-state index contributed by atoms with van der Waals surface area (Å²) >= 11 is 0. The Morgan fingerprint density at radius 2 is 1.08 bits per heavy atom. The Labute approximate surface area is 209 Å². The molecular formula is C33H21N3. The van der Waals surface area contributed by atoms with Gasteiger partial charge >= 0.3 is 0 Å². The van der Waals surface area contributed by atoms with Gasteiger partial charge in [-0.15, -0.1) is 0 Å². The molecule has 3 heteroatoms. The maximum absolute atomic E-state index is 10.0. The number of hydrogen-bond acceptors (Lipinski definition) is 2. The fraction of sp³-hybridized carbons (Fsp3) is 0.0303. The molecule has 0 spiro atoms. The standard InChI is InChI=1S/C33H21N3/c1-22-16-23(20-34)17-28(21-35)33(22)36-31-14-12-26(24-8-4-2-5-9-24)18-29(31)30-19-27(13-15-32(30)36)25-10-6-3-7-11-25/h2-19H,1H3. The smallest absolute Gasteiger partial charge is 0.101 e. The Morgan fingerprint density at radius 3 is 1.56 bits per heavy atom. The first-order valence-corrected chi connectivity index (χ1v) is 11.8. The van der Waals surface area contributed by atoms with Crippen LogP contribution in [-0.2, 0) is 0 Å². The van der Waals surface area contributed by atoms with E-state index in [0.29, 0.717) is 11.1 Å². The molecule has 0 bridgehead atoms. The maximum atomic E-state index is 10.0. The van der Waals surface area contributed by atoms with Crippen LogP contribution in [0.4, 0.5) is 0 Å². The Kier molecular flexibility index (Phi) is 5.11. The average Bonchev–Trinajstić information content (AvgIpc) is 3.26. The van der Waals surface area contributed by atoms with Gasteiger partial charge in [-0.05, 0) is 71.1 Å². The summed E-state index contributed by atoms with van der Waals surface area (Å²) in [6.07, 6.45) is 0. The van der Waals surface area contributed by atoms with E-state index in [1.165, 1.54) is 0 Å². The molecule has 1 heterocycles. The van der Waals surface area contributed by atoms with Gasteiger partial charge in [-0.3, -0.25) is 0 Å². The molecule has 0 fully saturated rings. The second-order valence-corrected chi connectivity index (χ2v) is 8.94. The SMILES string of the molecule is Cc1cc(C#N)cc(C#N)c1-n1c2ccc(-c3ccccc3)cc2c2cc(-c3ccccc3)ccc21. The van der Waals surface area contributed by atoms with Gasteiger partial charge in [0.2, 0.25) is 0 Å². The van der Waals surface area contributed by atoms with E-state index in [1.807, 2.05) is 25.1 Å². The minimum absolute atomic E-state index is 0.490. The van der Waals surface area contributed by atoms with Gasteiger partial charge in [0.15, 0.2) is 0 Å². The zero-order valence-electron chi connectivity index (χ0n) is 19.7. The number of hydrogen-bond donors (Lipinski definition) is 0. The predicted octanol–water partition coefficient (Wildman–Crippen LogP) is 8.17. The first-order chi connectivity index (χ1) is 17.7. The monoisotopic (exact) mass is 459 g/mol. The summed E-state index contributed by atoms with van der Waals surface area (Å²) in [5, 5.41) is 21.7. The third kappa shape index (κ3) is 3.43. The number of aryl methyl sites for hydroxylation is 1. The molecule has 0 radical (unpaired) electrons. The van der Waals surface area contributed by atoms with E-state index in [0.717, 1.165) is 55.3 Å². The van der Waals surface area contributed by atoms with Crippen molar-refractivity contribution in [2.75, 3.05) is 0 Å². The van der Waals surface area contributed by atoms with Crippen molar-refractivity contribution in [2.24, 2.45) is 0 Å². The van der Waals surface area contributed by atoms with Crippen LogP contribution in [0.2, 0.25) is 0 Å². The highest BCUT2D eigenvalue weighted by atomic mass is 15.0. The highest BCUT2D eigenvalue weighted by Gasteiger charge is 2.19. The molecule has 0 aliphatic rings. The summed E-state index contributed by atoms with van der Waals surface area (Å²) < 4.78 is 2.17. The molecule has 5 aromatic carbocycles. The van der Waals surface area contributed by atoms with Crippen molar-refractivity contribution >= 4 is 21.8 Å². The summed E-state index contributed by atoms with van der Waals surface area (Å²) in [4.78, 5) is 0. The van der Waals surface area contributed by atoms with Crippen LogP contribution in [0.15, 0.2) is 109 Å². The Bertz CT molecular complexity index is 1750. The fourth-order valence-electron chi connectivity index (χ4n) is 5.11. The van der Waals surface area contributed by atoms with E-state index in [9.17, 15) is 10.5 Å². The summed E-state index contributed by atoms with van der Waals surface area (Å²) in [5.41, 5.74) is 9.35. The van der Waals surface area contributed by atoms with Crippen LogP contribution in [0.3, 0.4) is 0 Å². The number of rotatable bonds is 3. The lowest BCUT2D eigenvalue weighted by Crippen LogP contribution is -2.01. The second kappa shape index (κ2) is 8.58. The molecule has 0 N–H and O–H groups in total. The van der Waals surface area contributed by atoms with Gasteiger partial charge < -0.3 is 4.57 Å². The summed E-state index contributed by atoms with van der Waals surface area (Å²) in [6.45, 7) is 1.96. The average molecular weight is 460 g/mol. The Balaban J connectivity index is 1.71. The molecule has 0 saturated carbocycles. The molecule has 36 heavy (non-hydrogen) atoms. The molecule has 0 aliphatic carbocycles.